The van der Waals surface area contributed by atoms with Crippen LogP contribution in [0, 0.1) is 11.3 Å². The van der Waals surface area contributed by atoms with Crippen molar-refractivity contribution in [1.82, 2.24) is 25.5 Å². The van der Waals surface area contributed by atoms with Crippen LogP contribution in [-0.4, -0.2) is 50.5 Å². The smallest absolute Gasteiger partial charge is 0.265 e. The summed E-state index contributed by atoms with van der Waals surface area (Å²) in [6.07, 6.45) is 2.10. The largest absolute Gasteiger partial charge is 0.384 e. The van der Waals surface area contributed by atoms with Crippen LogP contribution >= 0.6 is 0 Å². The number of nitrogens with zero attached hydrogens (tertiary/aromatic N) is 5. The van der Waals surface area contributed by atoms with Gasteiger partial charge in [0.05, 0.1) is 11.6 Å². The van der Waals surface area contributed by atoms with E-state index in [0.29, 0.717) is 29.0 Å². The maximum Gasteiger partial charge on any atom is 0.265 e. The average Bonchev–Trinajstić information content (AvgIpc) is 3.17. The summed E-state index contributed by atoms with van der Waals surface area (Å²) in [5.74, 6) is -1.26. The fourth-order valence-electron chi connectivity index (χ4n) is 3.03. The van der Waals surface area contributed by atoms with Crippen LogP contribution in [0.25, 0.3) is 11.2 Å². The van der Waals surface area contributed by atoms with E-state index in [-0.39, 0.29) is 24.5 Å². The first kappa shape index (κ1) is 19.8. The molecule has 0 spiro atoms. The van der Waals surface area contributed by atoms with Gasteiger partial charge in [-0.2, -0.15) is 5.26 Å². The first-order valence-corrected chi connectivity index (χ1v) is 9.27. The van der Waals surface area contributed by atoms with Gasteiger partial charge in [-0.25, -0.2) is 4.98 Å². The molecule has 3 amide bonds. The molecular weight excluding hydrogens is 404 g/mol. The molecule has 31 heavy (non-hydrogen) atoms. The van der Waals surface area contributed by atoms with E-state index in [1.165, 1.54) is 6.07 Å². The molecule has 156 valence electrons. The number of hydrogen-bond acceptors (Lipinski definition) is 9. The second kappa shape index (κ2) is 8.46. The summed E-state index contributed by atoms with van der Waals surface area (Å²) < 4.78 is 0. The Bertz CT molecular complexity index is 1220. The molecule has 1 atom stereocenters. The number of nitrogens with one attached hydrogen (secondary N) is 3. The molecule has 0 aliphatic carbocycles. The molecule has 12 nitrogen and oxygen atoms in total. The Hall–Kier alpha value is -4.53. The summed E-state index contributed by atoms with van der Waals surface area (Å²) in [5, 5.41) is 24.8. The topological polar surface area (TPSA) is 164 Å². The van der Waals surface area contributed by atoms with E-state index < -0.39 is 17.9 Å². The van der Waals surface area contributed by atoms with Gasteiger partial charge in [0.25, 0.3) is 5.91 Å². The van der Waals surface area contributed by atoms with Gasteiger partial charge < -0.3 is 15.5 Å². The Morgan fingerprint density at radius 3 is 2.97 bits per heavy atom. The number of carbonyl (C=O) groups is 3. The quantitative estimate of drug-likeness (QED) is 0.465. The number of rotatable bonds is 6. The Labute approximate surface area is 175 Å². The summed E-state index contributed by atoms with van der Waals surface area (Å²) in [6, 6.07) is 9.41. The number of carbonyl (C=O) groups excluding carboxylic acids is 3. The molecule has 3 aromatic rings. The lowest BCUT2D eigenvalue weighted by atomic mass is 10.1. The zero-order chi connectivity index (χ0) is 21.8. The first-order valence-electron chi connectivity index (χ1n) is 9.27. The van der Waals surface area contributed by atoms with Crippen LogP contribution in [0.3, 0.4) is 0 Å². The number of nitriles is 1. The zero-order valence-corrected chi connectivity index (χ0v) is 16.0. The Morgan fingerprint density at radius 2 is 2.16 bits per heavy atom. The van der Waals surface area contributed by atoms with Crippen LogP contribution in [0.5, 0.6) is 0 Å². The van der Waals surface area contributed by atoms with Crippen molar-refractivity contribution in [2.45, 2.75) is 18.9 Å². The van der Waals surface area contributed by atoms with E-state index in [4.69, 9.17) is 4.84 Å². The lowest BCUT2D eigenvalue weighted by molar-refractivity contribution is -0.133. The Morgan fingerprint density at radius 1 is 1.32 bits per heavy atom. The van der Waals surface area contributed by atoms with E-state index in [9.17, 15) is 19.6 Å². The minimum Gasteiger partial charge on any atom is -0.384 e. The molecule has 2 aromatic heterocycles. The Balaban J connectivity index is 1.42. The van der Waals surface area contributed by atoms with Crippen molar-refractivity contribution in [2.75, 3.05) is 17.2 Å². The van der Waals surface area contributed by atoms with Crippen LogP contribution in [0.2, 0.25) is 0 Å². The highest BCUT2D eigenvalue weighted by atomic mass is 16.7. The maximum atomic E-state index is 12.3. The Kier molecular flexibility index (Phi) is 5.39. The third-order valence-corrected chi connectivity index (χ3v) is 4.42. The van der Waals surface area contributed by atoms with Gasteiger partial charge >= 0.3 is 0 Å². The van der Waals surface area contributed by atoms with Gasteiger partial charge in [0.15, 0.2) is 6.61 Å². The molecule has 0 bridgehead atoms. The van der Waals surface area contributed by atoms with Gasteiger partial charge in [-0.15, -0.1) is 5.10 Å². The van der Waals surface area contributed by atoms with Crippen molar-refractivity contribution in [2.24, 2.45) is 0 Å². The fraction of sp³-hybridized carbons (Fsp3) is 0.211. The second-order valence-electron chi connectivity index (χ2n) is 6.69. The lowest BCUT2D eigenvalue weighted by Gasteiger charge is -2.23. The minimum atomic E-state index is -0.619. The molecule has 1 unspecified atom stereocenters. The second-order valence-corrected chi connectivity index (χ2v) is 6.69. The molecule has 3 N–H and O–H groups in total. The summed E-state index contributed by atoms with van der Waals surface area (Å²) in [7, 11) is 0. The van der Waals surface area contributed by atoms with Gasteiger partial charge in [-0.1, -0.05) is 4.85 Å². The van der Waals surface area contributed by atoms with Gasteiger partial charge in [0.2, 0.25) is 17.5 Å². The molecule has 4 rings (SSSR count). The first-order chi connectivity index (χ1) is 15.0. The molecule has 1 aromatic carbocycles. The molecule has 1 fully saturated rings. The van der Waals surface area contributed by atoms with Crippen molar-refractivity contribution < 1.29 is 19.2 Å². The van der Waals surface area contributed by atoms with Crippen molar-refractivity contribution in [1.29, 1.82) is 5.26 Å². The summed E-state index contributed by atoms with van der Waals surface area (Å²) in [5.41, 5.74) is 1.96. The number of hydrogen-bond donors (Lipinski definition) is 3. The molecule has 1 aliphatic rings. The maximum absolute atomic E-state index is 12.3. The number of aromatic nitrogens is 4. The SMILES string of the molecule is N#Cc1cc(NC(=O)COn2nnc3cccnc32)cc(NC2CCC(=O)NC2=O)c1. The van der Waals surface area contributed by atoms with Gasteiger partial charge in [-0.05, 0) is 42.0 Å². The predicted molar refractivity (Wildman–Crippen MR) is 106 cm³/mol. The number of anilines is 2. The molecule has 1 saturated heterocycles. The molecule has 1 aliphatic heterocycles. The van der Waals surface area contributed by atoms with Crippen molar-refractivity contribution in [3.05, 3.63) is 42.1 Å². The number of imide groups is 1. The standard InChI is InChI=1S/C19H16N8O4/c20-9-11-6-12(22-15-3-4-16(28)24-19(15)30)8-13(7-11)23-17(29)10-31-27-18-14(25-26-27)2-1-5-21-18/h1-2,5-8,15,22H,3-4,10H2,(H,23,29)(H,24,28,30). The highest BCUT2D eigenvalue weighted by Crippen LogP contribution is 2.21. The van der Waals surface area contributed by atoms with Crippen LogP contribution < -0.4 is 20.8 Å². The third kappa shape index (κ3) is 4.56. The summed E-state index contributed by atoms with van der Waals surface area (Å²) >= 11 is 0. The monoisotopic (exact) mass is 420 g/mol. The normalized spacial score (nSPS) is 15.8. The molecule has 0 saturated carbocycles. The molecule has 12 heteroatoms. The highest BCUT2D eigenvalue weighted by Gasteiger charge is 2.26. The van der Waals surface area contributed by atoms with Crippen molar-refractivity contribution in [3.63, 3.8) is 0 Å². The molecule has 0 radical (unpaired) electrons. The van der Waals surface area contributed by atoms with Crippen molar-refractivity contribution in [3.8, 4) is 6.07 Å². The van der Waals surface area contributed by atoms with E-state index in [0.717, 1.165) is 4.85 Å². The number of amides is 3. The highest BCUT2D eigenvalue weighted by molar-refractivity contribution is 6.01. The van der Waals surface area contributed by atoms with E-state index in [2.05, 4.69) is 31.2 Å². The van der Waals surface area contributed by atoms with Crippen LogP contribution in [0.1, 0.15) is 18.4 Å². The zero-order valence-electron chi connectivity index (χ0n) is 16.0. The third-order valence-electron chi connectivity index (χ3n) is 4.42. The van der Waals surface area contributed by atoms with Crippen molar-refractivity contribution >= 4 is 40.3 Å². The number of piperidine rings is 1. The fourth-order valence-corrected chi connectivity index (χ4v) is 3.03. The van der Waals surface area contributed by atoms with E-state index >= 15 is 0 Å². The number of pyridine rings is 1. The summed E-state index contributed by atoms with van der Waals surface area (Å²) in [6.45, 7) is -0.373. The van der Waals surface area contributed by atoms with E-state index in [1.807, 2.05) is 6.07 Å². The predicted octanol–water partition coefficient (Wildman–Crippen LogP) is -0.0176. The van der Waals surface area contributed by atoms with Gasteiger partial charge in [0.1, 0.15) is 11.6 Å². The molecular formula is C19H16N8O4. The van der Waals surface area contributed by atoms with Crippen LogP contribution in [0.4, 0.5) is 11.4 Å². The van der Waals surface area contributed by atoms with Crippen LogP contribution in [0.15, 0.2) is 36.5 Å². The van der Waals surface area contributed by atoms with Crippen LogP contribution in [-0.2, 0) is 14.4 Å². The van der Waals surface area contributed by atoms with Gasteiger partial charge in [-0.3, -0.25) is 19.7 Å². The van der Waals surface area contributed by atoms with Gasteiger partial charge in [0, 0.05) is 24.0 Å². The minimum absolute atomic E-state index is 0.216. The number of benzene rings is 1. The summed E-state index contributed by atoms with van der Waals surface area (Å²) in [4.78, 5) is 46.0. The lowest BCUT2D eigenvalue weighted by Crippen LogP contribution is -2.47. The molecule has 3 heterocycles. The number of fused-ring (bicyclic) bond motifs is 1. The van der Waals surface area contributed by atoms with E-state index in [1.54, 1.807) is 30.5 Å². The average molecular weight is 420 g/mol.